The maximum Gasteiger partial charge on any atom is 0.407 e. The molecule has 0 aromatic heterocycles. The fraction of sp³-hybridized carbons (Fsp3) is 0.263. The Balaban J connectivity index is 1.95. The fourth-order valence-corrected chi connectivity index (χ4v) is 2.47. The van der Waals surface area contributed by atoms with Gasteiger partial charge in [-0.3, -0.25) is 0 Å². The predicted molar refractivity (Wildman–Crippen MR) is 95.5 cm³/mol. The second-order valence-electron chi connectivity index (χ2n) is 5.68. The first-order valence-corrected chi connectivity index (χ1v) is 8.15. The van der Waals surface area contributed by atoms with Crippen LogP contribution in [0.1, 0.15) is 27.6 Å². The number of carbonyl (C=O) groups is 2. The average Bonchev–Trinajstić information content (AvgIpc) is 2.69. The van der Waals surface area contributed by atoms with Gasteiger partial charge in [0.15, 0.2) is 0 Å². The highest BCUT2D eigenvalue weighted by molar-refractivity contribution is 5.92. The summed E-state index contributed by atoms with van der Waals surface area (Å²) in [5, 5.41) is 32.1. The molecule has 0 saturated carbocycles. The van der Waals surface area contributed by atoms with E-state index in [9.17, 15) is 24.9 Å². The van der Waals surface area contributed by atoms with Crippen molar-refractivity contribution in [3.63, 3.8) is 0 Å². The number of aromatic carboxylic acids is 1. The number of benzene rings is 2. The Hall–Kier alpha value is -3.10. The van der Waals surface area contributed by atoms with Crippen molar-refractivity contribution in [3.8, 4) is 5.75 Å². The SMILES string of the molecule is COc1cccc(C(O)C(O)CNC(=O)OCc2ccccc2)c1C(=O)O. The van der Waals surface area contributed by atoms with Crippen LogP contribution in [0.5, 0.6) is 5.75 Å². The quantitative estimate of drug-likeness (QED) is 0.553. The van der Waals surface area contributed by atoms with Crippen LogP contribution in [0.15, 0.2) is 48.5 Å². The lowest BCUT2D eigenvalue weighted by Crippen LogP contribution is -2.36. The van der Waals surface area contributed by atoms with Gasteiger partial charge in [-0.2, -0.15) is 0 Å². The number of carboxylic acids is 1. The van der Waals surface area contributed by atoms with Crippen molar-refractivity contribution in [2.24, 2.45) is 0 Å². The van der Waals surface area contributed by atoms with Crippen LogP contribution in [0, 0.1) is 0 Å². The smallest absolute Gasteiger partial charge is 0.407 e. The molecule has 0 aliphatic rings. The van der Waals surface area contributed by atoms with E-state index in [0.29, 0.717) is 0 Å². The van der Waals surface area contributed by atoms with E-state index in [1.165, 1.54) is 25.3 Å². The summed E-state index contributed by atoms with van der Waals surface area (Å²) in [6, 6.07) is 13.3. The van der Waals surface area contributed by atoms with Gasteiger partial charge < -0.3 is 30.1 Å². The third-order valence-corrected chi connectivity index (χ3v) is 3.84. The average molecular weight is 375 g/mol. The normalized spacial score (nSPS) is 12.7. The van der Waals surface area contributed by atoms with Gasteiger partial charge >= 0.3 is 12.1 Å². The van der Waals surface area contributed by atoms with E-state index < -0.39 is 24.3 Å². The lowest BCUT2D eigenvalue weighted by Gasteiger charge is -2.21. The van der Waals surface area contributed by atoms with E-state index in [-0.39, 0.29) is 30.0 Å². The Kier molecular flexibility index (Phi) is 7.16. The second-order valence-corrected chi connectivity index (χ2v) is 5.68. The van der Waals surface area contributed by atoms with Gasteiger partial charge in [0.2, 0.25) is 0 Å². The van der Waals surface area contributed by atoms with E-state index in [0.717, 1.165) is 5.56 Å². The van der Waals surface area contributed by atoms with Gasteiger partial charge in [0.25, 0.3) is 0 Å². The molecule has 27 heavy (non-hydrogen) atoms. The molecule has 2 atom stereocenters. The minimum Gasteiger partial charge on any atom is -0.496 e. The lowest BCUT2D eigenvalue weighted by atomic mass is 9.97. The molecule has 144 valence electrons. The number of aliphatic hydroxyl groups excluding tert-OH is 2. The summed E-state index contributed by atoms with van der Waals surface area (Å²) in [7, 11) is 1.30. The molecule has 1 amide bonds. The molecule has 2 unspecified atom stereocenters. The van der Waals surface area contributed by atoms with Crippen molar-refractivity contribution in [2.45, 2.75) is 18.8 Å². The number of rotatable bonds is 8. The van der Waals surface area contributed by atoms with Crippen LogP contribution in [0.2, 0.25) is 0 Å². The molecule has 0 heterocycles. The Labute approximate surface area is 156 Å². The fourth-order valence-electron chi connectivity index (χ4n) is 2.47. The van der Waals surface area contributed by atoms with Crippen LogP contribution >= 0.6 is 0 Å². The molecule has 8 nitrogen and oxygen atoms in total. The van der Waals surface area contributed by atoms with Crippen LogP contribution in [0.3, 0.4) is 0 Å². The summed E-state index contributed by atoms with van der Waals surface area (Å²) >= 11 is 0. The first-order chi connectivity index (χ1) is 12.9. The largest absolute Gasteiger partial charge is 0.496 e. The lowest BCUT2D eigenvalue weighted by molar-refractivity contribution is 0.0172. The second kappa shape index (κ2) is 9.56. The molecule has 0 aliphatic heterocycles. The van der Waals surface area contributed by atoms with Crippen molar-refractivity contribution in [2.75, 3.05) is 13.7 Å². The van der Waals surface area contributed by atoms with Gasteiger partial charge in [0, 0.05) is 12.1 Å². The van der Waals surface area contributed by atoms with Crippen LogP contribution in [0.4, 0.5) is 4.79 Å². The molecule has 2 rings (SSSR count). The van der Waals surface area contributed by atoms with E-state index >= 15 is 0 Å². The van der Waals surface area contributed by atoms with Gasteiger partial charge in [-0.25, -0.2) is 9.59 Å². The monoisotopic (exact) mass is 375 g/mol. The molecule has 2 aromatic carbocycles. The van der Waals surface area contributed by atoms with Crippen LogP contribution in [-0.4, -0.2) is 47.1 Å². The summed E-state index contributed by atoms with van der Waals surface area (Å²) in [4.78, 5) is 23.2. The van der Waals surface area contributed by atoms with Crippen molar-refractivity contribution in [1.82, 2.24) is 5.32 Å². The Morgan fingerprint density at radius 2 is 1.78 bits per heavy atom. The minimum atomic E-state index is -1.54. The van der Waals surface area contributed by atoms with Gasteiger partial charge in [-0.1, -0.05) is 42.5 Å². The minimum absolute atomic E-state index is 0.0196. The third-order valence-electron chi connectivity index (χ3n) is 3.84. The maximum absolute atomic E-state index is 11.7. The number of ether oxygens (including phenoxy) is 2. The van der Waals surface area contributed by atoms with Crippen LogP contribution in [-0.2, 0) is 11.3 Å². The van der Waals surface area contributed by atoms with Crippen molar-refractivity contribution < 1.29 is 34.4 Å². The molecule has 0 aliphatic carbocycles. The number of alkyl carbamates (subject to hydrolysis) is 1. The Morgan fingerprint density at radius 1 is 1.07 bits per heavy atom. The summed E-state index contributed by atoms with van der Waals surface area (Å²) in [6.45, 7) is -0.268. The highest BCUT2D eigenvalue weighted by atomic mass is 16.5. The Bertz CT molecular complexity index is 779. The molecule has 2 aromatic rings. The number of hydrogen-bond acceptors (Lipinski definition) is 6. The number of amides is 1. The molecule has 0 bridgehead atoms. The van der Waals surface area contributed by atoms with Crippen LogP contribution < -0.4 is 10.1 Å². The van der Waals surface area contributed by atoms with Gasteiger partial charge in [-0.15, -0.1) is 0 Å². The van der Waals surface area contributed by atoms with E-state index in [1.807, 2.05) is 18.2 Å². The molecule has 0 fully saturated rings. The number of methoxy groups -OCH3 is 1. The molecular weight excluding hydrogens is 354 g/mol. The first-order valence-electron chi connectivity index (χ1n) is 8.15. The third kappa shape index (κ3) is 5.44. The van der Waals surface area contributed by atoms with Gasteiger partial charge in [0.05, 0.1) is 7.11 Å². The number of hydrogen-bond donors (Lipinski definition) is 4. The summed E-state index contributed by atoms with van der Waals surface area (Å²) in [6.07, 6.45) is -3.76. The predicted octanol–water partition coefficient (Wildman–Crippen LogP) is 1.71. The van der Waals surface area contributed by atoms with E-state index in [1.54, 1.807) is 12.1 Å². The zero-order valence-corrected chi connectivity index (χ0v) is 14.7. The number of aliphatic hydroxyl groups is 2. The molecule has 0 saturated heterocycles. The summed E-state index contributed by atoms with van der Waals surface area (Å²) < 4.78 is 9.99. The standard InChI is InChI=1S/C19H21NO7/c1-26-15-9-5-8-13(16(15)18(23)24)17(22)14(21)10-20-19(25)27-11-12-6-3-2-4-7-12/h2-9,14,17,21-22H,10-11H2,1H3,(H,20,25)(H,23,24). The molecule has 8 heteroatoms. The van der Waals surface area contributed by atoms with E-state index in [4.69, 9.17) is 9.47 Å². The van der Waals surface area contributed by atoms with Crippen molar-refractivity contribution in [3.05, 3.63) is 65.2 Å². The molecule has 0 spiro atoms. The summed E-state index contributed by atoms with van der Waals surface area (Å²) in [5.41, 5.74) is 0.530. The van der Waals surface area contributed by atoms with E-state index in [2.05, 4.69) is 5.32 Å². The highest BCUT2D eigenvalue weighted by Gasteiger charge is 2.26. The van der Waals surface area contributed by atoms with Crippen LogP contribution in [0.25, 0.3) is 0 Å². The summed E-state index contributed by atoms with van der Waals surface area (Å²) in [5.74, 6) is -1.24. The first kappa shape index (κ1) is 20.2. The number of carbonyl (C=O) groups excluding carboxylic acids is 1. The highest BCUT2D eigenvalue weighted by Crippen LogP contribution is 2.28. The zero-order chi connectivity index (χ0) is 19.8. The Morgan fingerprint density at radius 3 is 2.41 bits per heavy atom. The topological polar surface area (TPSA) is 125 Å². The maximum atomic E-state index is 11.7. The molecule has 0 radical (unpaired) electrons. The van der Waals surface area contributed by atoms with Crippen molar-refractivity contribution in [1.29, 1.82) is 0 Å². The number of carboxylic acid groups (broad SMARTS) is 1. The number of nitrogens with one attached hydrogen (secondary N) is 1. The van der Waals surface area contributed by atoms with Gasteiger partial charge in [0.1, 0.15) is 30.1 Å². The zero-order valence-electron chi connectivity index (χ0n) is 14.7. The molecule has 4 N–H and O–H groups in total. The van der Waals surface area contributed by atoms with Crippen molar-refractivity contribution >= 4 is 12.1 Å². The van der Waals surface area contributed by atoms with Gasteiger partial charge in [-0.05, 0) is 11.6 Å². The molecular formula is C19H21NO7.